The van der Waals surface area contributed by atoms with Crippen LogP contribution in [0.15, 0.2) is 43.2 Å². The number of nitrogens with one attached hydrogen (secondary N) is 2. The summed E-state index contributed by atoms with van der Waals surface area (Å²) in [5, 5.41) is 33.2. The van der Waals surface area contributed by atoms with Gasteiger partial charge in [-0.05, 0) is 19.9 Å². The number of anilines is 2. The van der Waals surface area contributed by atoms with Gasteiger partial charge < -0.3 is 20.5 Å². The number of nitriles is 1. The fourth-order valence-electron chi connectivity index (χ4n) is 3.42. The molecule has 0 spiro atoms. The Morgan fingerprint density at radius 3 is 2.78 bits per heavy atom. The van der Waals surface area contributed by atoms with E-state index in [-0.39, 0.29) is 12.1 Å². The van der Waals surface area contributed by atoms with E-state index in [4.69, 9.17) is 10.00 Å². The fraction of sp³-hybridized carbons (Fsp3) is 0.333. The van der Waals surface area contributed by atoms with E-state index in [1.807, 2.05) is 6.07 Å². The zero-order chi connectivity index (χ0) is 26.6. The number of aromatic nitrogens is 6. The van der Waals surface area contributed by atoms with Crippen molar-refractivity contribution in [2.75, 3.05) is 25.6 Å². The van der Waals surface area contributed by atoms with Crippen LogP contribution in [0.1, 0.15) is 29.8 Å². The standard InChI is InChI=1S/C24H26FN9O3/c1-24(2,36)21(25)12-29-23(35)18-10-27-19(17-11-31-34-13-15(7-26)8-28-22(17)34)6-20(18)32-16-9-30-33(14-16)4-5-37-3/h6,8-11,13-14,21,36H,4-5,12H2,1-3H3,(H,27,32)(H,29,35). The quantitative estimate of drug-likeness (QED) is 0.292. The molecule has 1 unspecified atom stereocenters. The van der Waals surface area contributed by atoms with Crippen molar-refractivity contribution < 1.29 is 19.0 Å². The molecular weight excluding hydrogens is 481 g/mol. The predicted molar refractivity (Wildman–Crippen MR) is 132 cm³/mol. The molecule has 0 fully saturated rings. The summed E-state index contributed by atoms with van der Waals surface area (Å²) in [7, 11) is 1.60. The molecule has 192 valence electrons. The van der Waals surface area contributed by atoms with Crippen LogP contribution in [0.4, 0.5) is 15.8 Å². The second-order valence-electron chi connectivity index (χ2n) is 8.84. The van der Waals surface area contributed by atoms with Gasteiger partial charge in [-0.2, -0.15) is 15.5 Å². The number of rotatable bonds is 10. The number of aliphatic hydroxyl groups is 1. The highest BCUT2D eigenvalue weighted by Crippen LogP contribution is 2.28. The van der Waals surface area contributed by atoms with Gasteiger partial charge in [-0.3, -0.25) is 14.5 Å². The van der Waals surface area contributed by atoms with Gasteiger partial charge in [0, 0.05) is 25.7 Å². The molecule has 0 radical (unpaired) electrons. The van der Waals surface area contributed by atoms with Crippen molar-refractivity contribution in [2.24, 2.45) is 0 Å². The second-order valence-corrected chi connectivity index (χ2v) is 8.84. The first-order chi connectivity index (χ1) is 17.7. The van der Waals surface area contributed by atoms with E-state index in [9.17, 15) is 14.3 Å². The topological polar surface area (TPSA) is 155 Å². The van der Waals surface area contributed by atoms with Gasteiger partial charge in [-0.1, -0.05) is 0 Å². The molecular formula is C24H26FN9O3. The van der Waals surface area contributed by atoms with E-state index in [1.165, 1.54) is 30.8 Å². The van der Waals surface area contributed by atoms with Crippen molar-refractivity contribution in [1.29, 1.82) is 5.26 Å². The number of amides is 1. The molecule has 4 aromatic rings. The first kappa shape index (κ1) is 25.7. The highest BCUT2D eigenvalue weighted by Gasteiger charge is 2.27. The minimum absolute atomic E-state index is 0.160. The number of methoxy groups -OCH3 is 1. The molecule has 0 bridgehead atoms. The molecule has 1 atom stereocenters. The number of alkyl halides is 1. The summed E-state index contributed by atoms with van der Waals surface area (Å²) in [6.45, 7) is 3.31. The Morgan fingerprint density at radius 1 is 1.24 bits per heavy atom. The number of ether oxygens (including phenoxy) is 1. The lowest BCUT2D eigenvalue weighted by Crippen LogP contribution is -2.42. The Kier molecular flexibility index (Phi) is 7.42. The number of fused-ring (bicyclic) bond motifs is 1. The molecule has 0 saturated carbocycles. The highest BCUT2D eigenvalue weighted by atomic mass is 19.1. The number of carbonyl (C=O) groups is 1. The van der Waals surface area contributed by atoms with Crippen LogP contribution in [-0.4, -0.2) is 72.4 Å². The van der Waals surface area contributed by atoms with Crippen molar-refractivity contribution in [1.82, 2.24) is 34.7 Å². The summed E-state index contributed by atoms with van der Waals surface area (Å²) in [6.07, 6.45) is 7.61. The van der Waals surface area contributed by atoms with Crippen LogP contribution in [0.25, 0.3) is 16.9 Å². The summed E-state index contributed by atoms with van der Waals surface area (Å²) in [5.74, 6) is -0.572. The molecule has 0 aliphatic rings. The van der Waals surface area contributed by atoms with Crippen LogP contribution in [0.3, 0.4) is 0 Å². The zero-order valence-corrected chi connectivity index (χ0v) is 20.5. The SMILES string of the molecule is COCCn1cc(Nc2cc(-c3cnn4cc(C#N)cnc34)ncc2C(=O)NCC(F)C(C)(C)O)cn1. The van der Waals surface area contributed by atoms with Crippen molar-refractivity contribution in [2.45, 2.75) is 32.2 Å². The summed E-state index contributed by atoms with van der Waals surface area (Å²) in [4.78, 5) is 21.7. The van der Waals surface area contributed by atoms with Crippen molar-refractivity contribution in [3.8, 4) is 17.3 Å². The Labute approximate surface area is 211 Å². The highest BCUT2D eigenvalue weighted by molar-refractivity contribution is 6.00. The van der Waals surface area contributed by atoms with Gasteiger partial charge in [0.25, 0.3) is 5.91 Å². The first-order valence-corrected chi connectivity index (χ1v) is 11.4. The van der Waals surface area contributed by atoms with Crippen LogP contribution in [0.5, 0.6) is 0 Å². The van der Waals surface area contributed by atoms with E-state index >= 15 is 0 Å². The molecule has 4 aromatic heterocycles. The lowest BCUT2D eigenvalue weighted by molar-refractivity contribution is -0.00177. The summed E-state index contributed by atoms with van der Waals surface area (Å²) in [6, 6.07) is 3.67. The number of halogens is 1. The molecule has 0 aliphatic carbocycles. The Balaban J connectivity index is 1.68. The molecule has 12 nitrogen and oxygen atoms in total. The van der Waals surface area contributed by atoms with Gasteiger partial charge in [0.1, 0.15) is 12.2 Å². The van der Waals surface area contributed by atoms with Gasteiger partial charge in [0.2, 0.25) is 0 Å². The van der Waals surface area contributed by atoms with Gasteiger partial charge in [0.15, 0.2) is 5.65 Å². The molecule has 37 heavy (non-hydrogen) atoms. The molecule has 4 rings (SSSR count). The number of hydrogen-bond acceptors (Lipinski definition) is 9. The van der Waals surface area contributed by atoms with Crippen LogP contribution in [0.2, 0.25) is 0 Å². The third-order valence-electron chi connectivity index (χ3n) is 5.56. The van der Waals surface area contributed by atoms with Crippen molar-refractivity contribution in [3.63, 3.8) is 0 Å². The van der Waals surface area contributed by atoms with E-state index in [1.54, 1.807) is 42.6 Å². The van der Waals surface area contributed by atoms with E-state index < -0.39 is 17.7 Å². The number of nitrogens with zero attached hydrogens (tertiary/aromatic N) is 7. The summed E-state index contributed by atoms with van der Waals surface area (Å²) < 4.78 is 22.5. The Bertz CT molecular complexity index is 1450. The largest absolute Gasteiger partial charge is 0.387 e. The summed E-state index contributed by atoms with van der Waals surface area (Å²) in [5.41, 5.74) is 1.44. The molecule has 1 amide bonds. The molecule has 0 aromatic carbocycles. The van der Waals surface area contributed by atoms with Crippen molar-refractivity contribution in [3.05, 3.63) is 54.4 Å². The van der Waals surface area contributed by atoms with Gasteiger partial charge in [-0.25, -0.2) is 13.9 Å². The molecule has 0 saturated heterocycles. The molecule has 3 N–H and O–H groups in total. The zero-order valence-electron chi connectivity index (χ0n) is 20.5. The molecule has 4 heterocycles. The average Bonchev–Trinajstić information content (AvgIpc) is 3.51. The Morgan fingerprint density at radius 2 is 2.05 bits per heavy atom. The van der Waals surface area contributed by atoms with Crippen LogP contribution >= 0.6 is 0 Å². The predicted octanol–water partition coefficient (Wildman–Crippen LogP) is 2.09. The van der Waals surface area contributed by atoms with Crippen LogP contribution < -0.4 is 10.6 Å². The summed E-state index contributed by atoms with van der Waals surface area (Å²) >= 11 is 0. The monoisotopic (exact) mass is 507 g/mol. The minimum atomic E-state index is -1.66. The third kappa shape index (κ3) is 5.88. The Hall–Kier alpha value is -4.41. The van der Waals surface area contributed by atoms with E-state index in [0.717, 1.165) is 0 Å². The maximum absolute atomic E-state index is 14.2. The normalized spacial score (nSPS) is 12.3. The fourth-order valence-corrected chi connectivity index (χ4v) is 3.42. The lowest BCUT2D eigenvalue weighted by Gasteiger charge is -2.22. The molecule has 0 aliphatic heterocycles. The maximum atomic E-state index is 14.2. The smallest absolute Gasteiger partial charge is 0.255 e. The molecule has 13 heteroatoms. The van der Waals surface area contributed by atoms with E-state index in [2.05, 4.69) is 30.8 Å². The average molecular weight is 508 g/mol. The number of hydrogen-bond donors (Lipinski definition) is 3. The third-order valence-corrected chi connectivity index (χ3v) is 5.56. The first-order valence-electron chi connectivity index (χ1n) is 11.4. The van der Waals surface area contributed by atoms with Crippen LogP contribution in [-0.2, 0) is 11.3 Å². The lowest BCUT2D eigenvalue weighted by atomic mass is 10.0. The van der Waals surface area contributed by atoms with Crippen LogP contribution in [0, 0.1) is 11.3 Å². The van der Waals surface area contributed by atoms with Gasteiger partial charge in [-0.15, -0.1) is 0 Å². The number of pyridine rings is 1. The minimum Gasteiger partial charge on any atom is -0.387 e. The second kappa shape index (κ2) is 10.7. The van der Waals surface area contributed by atoms with Gasteiger partial charge in [0.05, 0.1) is 77.6 Å². The number of carbonyl (C=O) groups excluding carboxylic acids is 1. The van der Waals surface area contributed by atoms with E-state index in [0.29, 0.717) is 47.0 Å². The van der Waals surface area contributed by atoms with Gasteiger partial charge >= 0.3 is 0 Å². The maximum Gasteiger partial charge on any atom is 0.255 e. The van der Waals surface area contributed by atoms with Crippen molar-refractivity contribution >= 4 is 22.9 Å².